The van der Waals surface area contributed by atoms with Crippen LogP contribution in [-0.2, 0) is 0 Å². The van der Waals surface area contributed by atoms with Gasteiger partial charge in [0, 0.05) is 6.21 Å². The van der Waals surface area contributed by atoms with Gasteiger partial charge in [0.15, 0.2) is 0 Å². The second-order valence-electron chi connectivity index (χ2n) is 2.43. The third-order valence-corrected chi connectivity index (χ3v) is 1.58. The van der Waals surface area contributed by atoms with Gasteiger partial charge < -0.3 is 10.7 Å². The standard InChI is InChI=1S/C9H11N2/c1-7-3-4-9(11-2)8(5-7)6-10/h3-6,10H,1-2H3/q-1. The Bertz CT molecular complexity index is 266. The van der Waals surface area contributed by atoms with Crippen LogP contribution in [0, 0.1) is 12.3 Å². The van der Waals surface area contributed by atoms with Crippen molar-refractivity contribution in [1.82, 2.24) is 0 Å². The average molecular weight is 147 g/mol. The molecule has 58 valence electrons. The highest BCUT2D eigenvalue weighted by Crippen LogP contribution is 2.21. The molecule has 0 bridgehead atoms. The van der Waals surface area contributed by atoms with E-state index in [9.17, 15) is 0 Å². The molecule has 0 aromatic heterocycles. The predicted octanol–water partition coefficient (Wildman–Crippen LogP) is 2.63. The first-order valence-electron chi connectivity index (χ1n) is 3.49. The Morgan fingerprint density at radius 2 is 2.18 bits per heavy atom. The van der Waals surface area contributed by atoms with Crippen molar-refractivity contribution < 1.29 is 0 Å². The van der Waals surface area contributed by atoms with E-state index in [1.807, 2.05) is 25.1 Å². The van der Waals surface area contributed by atoms with Crippen molar-refractivity contribution in [1.29, 1.82) is 5.41 Å². The molecule has 1 aromatic carbocycles. The van der Waals surface area contributed by atoms with E-state index in [0.717, 1.165) is 16.8 Å². The molecule has 0 radical (unpaired) electrons. The summed E-state index contributed by atoms with van der Waals surface area (Å²) in [6, 6.07) is 5.88. The van der Waals surface area contributed by atoms with E-state index >= 15 is 0 Å². The van der Waals surface area contributed by atoms with Crippen LogP contribution in [0.25, 0.3) is 5.32 Å². The molecule has 0 aliphatic heterocycles. The molecule has 0 saturated carbocycles. The topological polar surface area (TPSA) is 38.0 Å². The van der Waals surface area contributed by atoms with Crippen molar-refractivity contribution in [3.63, 3.8) is 0 Å². The van der Waals surface area contributed by atoms with Gasteiger partial charge in [-0.25, -0.2) is 0 Å². The van der Waals surface area contributed by atoms with E-state index in [2.05, 4.69) is 5.32 Å². The smallest absolute Gasteiger partial charge is 0.0238 e. The monoisotopic (exact) mass is 147 g/mol. The van der Waals surface area contributed by atoms with Gasteiger partial charge >= 0.3 is 0 Å². The lowest BCUT2D eigenvalue weighted by Crippen LogP contribution is -1.82. The third kappa shape index (κ3) is 1.58. The summed E-state index contributed by atoms with van der Waals surface area (Å²) >= 11 is 0. The second-order valence-corrected chi connectivity index (χ2v) is 2.43. The molecule has 0 atom stereocenters. The third-order valence-electron chi connectivity index (χ3n) is 1.58. The zero-order valence-corrected chi connectivity index (χ0v) is 6.76. The van der Waals surface area contributed by atoms with Crippen LogP contribution in [0.3, 0.4) is 0 Å². The molecule has 1 N–H and O–H groups in total. The van der Waals surface area contributed by atoms with E-state index in [1.165, 1.54) is 6.21 Å². The summed E-state index contributed by atoms with van der Waals surface area (Å²) in [5, 5.41) is 11.1. The molecular formula is C9H11N2-. The Kier molecular flexibility index (Phi) is 2.26. The van der Waals surface area contributed by atoms with Gasteiger partial charge in [0.2, 0.25) is 0 Å². The number of aryl methyl sites for hydroxylation is 1. The number of nitrogens with one attached hydrogen (secondary N) is 1. The first kappa shape index (κ1) is 7.79. The molecule has 0 unspecified atom stereocenters. The lowest BCUT2D eigenvalue weighted by molar-refractivity contribution is 1.44. The zero-order chi connectivity index (χ0) is 8.27. The van der Waals surface area contributed by atoms with Crippen LogP contribution in [0.15, 0.2) is 18.2 Å². The Balaban J connectivity index is 3.16. The maximum absolute atomic E-state index is 7.10. The summed E-state index contributed by atoms with van der Waals surface area (Å²) in [7, 11) is 1.73. The summed E-state index contributed by atoms with van der Waals surface area (Å²) in [6.07, 6.45) is 1.33. The largest absolute Gasteiger partial charge is 0.686 e. The second kappa shape index (κ2) is 3.19. The highest BCUT2D eigenvalue weighted by Gasteiger charge is 1.89. The van der Waals surface area contributed by atoms with Gasteiger partial charge in [-0.2, -0.15) is 0 Å². The van der Waals surface area contributed by atoms with Gasteiger partial charge in [0.1, 0.15) is 0 Å². The van der Waals surface area contributed by atoms with Gasteiger partial charge in [0.05, 0.1) is 0 Å². The Hall–Kier alpha value is -1.31. The summed E-state index contributed by atoms with van der Waals surface area (Å²) in [5.74, 6) is 0. The molecule has 11 heavy (non-hydrogen) atoms. The van der Waals surface area contributed by atoms with E-state index in [-0.39, 0.29) is 0 Å². The fourth-order valence-corrected chi connectivity index (χ4v) is 0.993. The van der Waals surface area contributed by atoms with Gasteiger partial charge in [-0.15, -0.1) is 12.7 Å². The van der Waals surface area contributed by atoms with Crippen molar-refractivity contribution in [2.24, 2.45) is 0 Å². The number of rotatable bonds is 2. The van der Waals surface area contributed by atoms with Gasteiger partial charge in [0.25, 0.3) is 0 Å². The first-order chi connectivity index (χ1) is 5.27. The minimum absolute atomic E-state index is 0.880. The highest BCUT2D eigenvalue weighted by molar-refractivity contribution is 5.86. The number of benzene rings is 1. The van der Waals surface area contributed by atoms with Crippen molar-refractivity contribution in [2.75, 3.05) is 7.05 Å². The van der Waals surface area contributed by atoms with E-state index in [4.69, 9.17) is 5.41 Å². The molecule has 1 rings (SSSR count). The first-order valence-corrected chi connectivity index (χ1v) is 3.49. The van der Waals surface area contributed by atoms with Crippen molar-refractivity contribution in [2.45, 2.75) is 6.92 Å². The van der Waals surface area contributed by atoms with Crippen molar-refractivity contribution in [3.05, 3.63) is 34.6 Å². The molecule has 0 spiro atoms. The molecule has 2 heteroatoms. The normalized spacial score (nSPS) is 9.27. The van der Waals surface area contributed by atoms with Crippen LogP contribution in [0.5, 0.6) is 0 Å². The molecular weight excluding hydrogens is 136 g/mol. The average Bonchev–Trinajstić information content (AvgIpc) is 2.04. The molecule has 0 saturated heterocycles. The lowest BCUT2D eigenvalue weighted by Gasteiger charge is -2.16. The maximum Gasteiger partial charge on any atom is 0.0238 e. The van der Waals surface area contributed by atoms with Crippen LogP contribution in [0.2, 0.25) is 0 Å². The van der Waals surface area contributed by atoms with Gasteiger partial charge in [-0.1, -0.05) is 23.8 Å². The summed E-state index contributed by atoms with van der Waals surface area (Å²) in [5.41, 5.74) is 2.93. The van der Waals surface area contributed by atoms with E-state index in [0.29, 0.717) is 0 Å². The number of nitrogens with zero attached hydrogens (tertiary/aromatic N) is 1. The maximum atomic E-state index is 7.10. The quantitative estimate of drug-likeness (QED) is 0.624. The van der Waals surface area contributed by atoms with E-state index < -0.39 is 0 Å². The molecule has 2 nitrogen and oxygen atoms in total. The Morgan fingerprint density at radius 1 is 1.45 bits per heavy atom. The van der Waals surface area contributed by atoms with Gasteiger partial charge in [-0.3, -0.25) is 0 Å². The number of hydrogen-bond acceptors (Lipinski definition) is 1. The minimum Gasteiger partial charge on any atom is -0.686 e. The van der Waals surface area contributed by atoms with Gasteiger partial charge in [-0.05, 0) is 12.5 Å². The van der Waals surface area contributed by atoms with Crippen LogP contribution in [0.4, 0.5) is 5.69 Å². The molecule has 0 heterocycles. The molecule has 0 aliphatic rings. The van der Waals surface area contributed by atoms with Crippen LogP contribution < -0.4 is 0 Å². The molecule has 0 fully saturated rings. The zero-order valence-electron chi connectivity index (χ0n) is 6.76. The van der Waals surface area contributed by atoms with Crippen LogP contribution >= 0.6 is 0 Å². The summed E-state index contributed by atoms with van der Waals surface area (Å²) in [4.78, 5) is 0. The van der Waals surface area contributed by atoms with Crippen molar-refractivity contribution in [3.8, 4) is 0 Å². The fourth-order valence-electron chi connectivity index (χ4n) is 0.993. The van der Waals surface area contributed by atoms with Crippen LogP contribution in [-0.4, -0.2) is 13.3 Å². The SMILES string of the molecule is C[N-]c1ccc(C)cc1C=N. The fraction of sp³-hybridized carbons (Fsp3) is 0.222. The predicted molar refractivity (Wildman–Crippen MR) is 48.0 cm³/mol. The summed E-state index contributed by atoms with van der Waals surface area (Å²) in [6.45, 7) is 2.01. The Labute approximate surface area is 66.8 Å². The minimum atomic E-state index is 0.880. The molecule has 0 aliphatic carbocycles. The molecule has 0 amide bonds. The molecule has 1 aromatic rings. The lowest BCUT2D eigenvalue weighted by atomic mass is 10.1. The highest BCUT2D eigenvalue weighted by atomic mass is 14.8. The Morgan fingerprint density at radius 3 is 2.73 bits per heavy atom. The van der Waals surface area contributed by atoms with Crippen molar-refractivity contribution >= 4 is 11.9 Å². The summed E-state index contributed by atoms with van der Waals surface area (Å²) < 4.78 is 0. The number of hydrogen-bond donors (Lipinski definition) is 1. The van der Waals surface area contributed by atoms with Crippen LogP contribution in [0.1, 0.15) is 11.1 Å². The van der Waals surface area contributed by atoms with E-state index in [1.54, 1.807) is 7.05 Å².